The molecule has 94 valence electrons. The average molecular weight is 241 g/mol. The molecule has 1 aromatic rings. The predicted molar refractivity (Wildman–Crippen MR) is 58.5 cm³/mol. The third-order valence-electron chi connectivity index (χ3n) is 2.71. The number of esters is 1. The molecule has 0 bridgehead atoms. The summed E-state index contributed by atoms with van der Waals surface area (Å²) in [5, 5.41) is 7.78. The zero-order chi connectivity index (χ0) is 12.3. The van der Waals surface area contributed by atoms with E-state index in [1.54, 1.807) is 11.6 Å². The van der Waals surface area contributed by atoms with Gasteiger partial charge in [0.05, 0.1) is 19.0 Å². The molecule has 5 nitrogen and oxygen atoms in total. The lowest BCUT2D eigenvalue weighted by atomic mass is 10.2. The minimum atomic E-state index is -0.430. The van der Waals surface area contributed by atoms with E-state index < -0.39 is 12.6 Å². The Labute approximate surface area is 98.9 Å². The first-order chi connectivity index (χ1) is 8.27. The Balaban J connectivity index is 2.20. The van der Waals surface area contributed by atoms with Gasteiger partial charge < -0.3 is 4.74 Å². The number of carbonyl (C=O) groups is 1. The Hall–Kier alpha value is -1.46. The van der Waals surface area contributed by atoms with Gasteiger partial charge in [-0.05, 0) is 26.2 Å². The van der Waals surface area contributed by atoms with Crippen molar-refractivity contribution in [2.45, 2.75) is 38.6 Å². The maximum Gasteiger partial charge on any atom is 0.360 e. The monoisotopic (exact) mass is 241 g/mol. The first-order valence-electron chi connectivity index (χ1n) is 5.94. The van der Waals surface area contributed by atoms with Gasteiger partial charge in [-0.15, -0.1) is 5.10 Å². The first kappa shape index (κ1) is 12.0. The molecule has 0 unspecified atom stereocenters. The van der Waals surface area contributed by atoms with Gasteiger partial charge >= 0.3 is 5.97 Å². The molecule has 6 heteroatoms. The lowest BCUT2D eigenvalue weighted by Crippen LogP contribution is -2.10. The normalized spacial score (nSPS) is 14.9. The second-order valence-corrected chi connectivity index (χ2v) is 4.08. The number of carbonyl (C=O) groups excluding carboxylic acids is 1. The van der Waals surface area contributed by atoms with Crippen LogP contribution in [0.3, 0.4) is 0 Å². The van der Waals surface area contributed by atoms with Crippen molar-refractivity contribution in [2.75, 3.05) is 13.3 Å². The summed E-state index contributed by atoms with van der Waals surface area (Å²) in [5.41, 5.74) is 1.12. The van der Waals surface area contributed by atoms with Crippen LogP contribution >= 0.6 is 0 Å². The molecule has 0 radical (unpaired) electrons. The van der Waals surface area contributed by atoms with Crippen molar-refractivity contribution < 1.29 is 13.9 Å². The predicted octanol–water partition coefficient (Wildman–Crippen LogP) is 1.69. The van der Waals surface area contributed by atoms with Gasteiger partial charge in [0.25, 0.3) is 0 Å². The van der Waals surface area contributed by atoms with Crippen LogP contribution in [0.5, 0.6) is 0 Å². The molecule has 0 saturated heterocycles. The molecule has 1 aliphatic rings. The smallest absolute Gasteiger partial charge is 0.360 e. The SMILES string of the molecule is CCOC(=O)c1nnn(CCCF)c1C1CC1. The van der Waals surface area contributed by atoms with Gasteiger partial charge in [0.15, 0.2) is 5.69 Å². The summed E-state index contributed by atoms with van der Waals surface area (Å²) >= 11 is 0. The molecule has 1 fully saturated rings. The molecule has 0 spiro atoms. The summed E-state index contributed by atoms with van der Waals surface area (Å²) in [5.74, 6) is -0.0927. The van der Waals surface area contributed by atoms with Gasteiger partial charge in [0.2, 0.25) is 0 Å². The first-order valence-corrected chi connectivity index (χ1v) is 5.94. The van der Waals surface area contributed by atoms with Crippen LogP contribution in [0, 0.1) is 0 Å². The number of hydrogen-bond donors (Lipinski definition) is 0. The van der Waals surface area contributed by atoms with E-state index in [-0.39, 0.29) is 0 Å². The van der Waals surface area contributed by atoms with E-state index in [4.69, 9.17) is 4.74 Å². The van der Waals surface area contributed by atoms with Crippen LogP contribution in [0.2, 0.25) is 0 Å². The van der Waals surface area contributed by atoms with Crippen molar-refractivity contribution in [3.05, 3.63) is 11.4 Å². The summed E-state index contributed by atoms with van der Waals surface area (Å²) < 4.78 is 18.7. The number of aromatic nitrogens is 3. The van der Waals surface area contributed by atoms with Gasteiger partial charge in [-0.25, -0.2) is 9.48 Å². The summed E-state index contributed by atoms with van der Waals surface area (Å²) in [4.78, 5) is 11.7. The van der Waals surface area contributed by atoms with Crippen LogP contribution in [-0.4, -0.2) is 34.2 Å². The number of rotatable bonds is 6. The zero-order valence-electron chi connectivity index (χ0n) is 9.86. The molecule has 0 aromatic carbocycles. The van der Waals surface area contributed by atoms with E-state index in [0.717, 1.165) is 18.5 Å². The largest absolute Gasteiger partial charge is 0.461 e. The third kappa shape index (κ3) is 2.62. The molecule has 0 aliphatic heterocycles. The van der Waals surface area contributed by atoms with Crippen LogP contribution in [0.4, 0.5) is 4.39 Å². The van der Waals surface area contributed by atoms with E-state index in [9.17, 15) is 9.18 Å². The van der Waals surface area contributed by atoms with Gasteiger partial charge in [-0.2, -0.15) is 0 Å². The van der Waals surface area contributed by atoms with Crippen LogP contribution in [0.25, 0.3) is 0 Å². The fourth-order valence-electron chi connectivity index (χ4n) is 1.80. The Bertz CT molecular complexity index is 401. The highest BCUT2D eigenvalue weighted by molar-refractivity contribution is 5.88. The number of aryl methyl sites for hydroxylation is 1. The topological polar surface area (TPSA) is 57.0 Å². The zero-order valence-corrected chi connectivity index (χ0v) is 9.86. The van der Waals surface area contributed by atoms with E-state index in [2.05, 4.69) is 10.3 Å². The Kier molecular flexibility index (Phi) is 3.71. The Morgan fingerprint density at radius 3 is 2.94 bits per heavy atom. The van der Waals surface area contributed by atoms with E-state index in [1.807, 2.05) is 0 Å². The molecule has 1 aromatic heterocycles. The van der Waals surface area contributed by atoms with Gasteiger partial charge in [0.1, 0.15) is 0 Å². The van der Waals surface area contributed by atoms with Crippen molar-refractivity contribution in [1.29, 1.82) is 0 Å². The second kappa shape index (κ2) is 5.25. The van der Waals surface area contributed by atoms with Crippen molar-refractivity contribution in [2.24, 2.45) is 0 Å². The summed E-state index contributed by atoms with van der Waals surface area (Å²) in [7, 11) is 0. The highest BCUT2D eigenvalue weighted by atomic mass is 19.1. The van der Waals surface area contributed by atoms with Crippen LogP contribution in [0.15, 0.2) is 0 Å². The summed E-state index contributed by atoms with van der Waals surface area (Å²) in [6, 6.07) is 0. The van der Waals surface area contributed by atoms with Crippen LogP contribution in [0.1, 0.15) is 48.3 Å². The number of alkyl halides is 1. The van der Waals surface area contributed by atoms with Crippen molar-refractivity contribution >= 4 is 5.97 Å². The van der Waals surface area contributed by atoms with Gasteiger partial charge in [-0.1, -0.05) is 5.21 Å². The number of ether oxygens (including phenoxy) is 1. The minimum absolute atomic E-state index is 0.299. The fourth-order valence-corrected chi connectivity index (χ4v) is 1.80. The number of hydrogen-bond acceptors (Lipinski definition) is 4. The minimum Gasteiger partial charge on any atom is -0.461 e. The molecule has 1 saturated carbocycles. The highest BCUT2D eigenvalue weighted by Crippen LogP contribution is 2.41. The summed E-state index contributed by atoms with van der Waals surface area (Å²) in [6.07, 6.45) is 2.47. The lowest BCUT2D eigenvalue weighted by molar-refractivity contribution is 0.0518. The number of halogens is 1. The summed E-state index contributed by atoms with van der Waals surface area (Å²) in [6.45, 7) is 2.15. The molecule has 1 heterocycles. The van der Waals surface area contributed by atoms with E-state index in [0.29, 0.717) is 31.2 Å². The maximum absolute atomic E-state index is 12.2. The van der Waals surface area contributed by atoms with Gasteiger partial charge in [0, 0.05) is 12.5 Å². The van der Waals surface area contributed by atoms with Crippen molar-refractivity contribution in [3.8, 4) is 0 Å². The van der Waals surface area contributed by atoms with E-state index in [1.165, 1.54) is 0 Å². The Morgan fingerprint density at radius 1 is 1.59 bits per heavy atom. The maximum atomic E-state index is 12.2. The highest BCUT2D eigenvalue weighted by Gasteiger charge is 2.34. The second-order valence-electron chi connectivity index (χ2n) is 4.08. The quantitative estimate of drug-likeness (QED) is 0.711. The standard InChI is InChI=1S/C11H16FN3O2/c1-2-17-11(16)9-10(8-4-5-8)15(14-13-9)7-3-6-12/h8H,2-7H2,1H3. The number of nitrogens with zero attached hydrogens (tertiary/aromatic N) is 3. The van der Waals surface area contributed by atoms with Gasteiger partial charge in [-0.3, -0.25) is 4.39 Å². The fraction of sp³-hybridized carbons (Fsp3) is 0.727. The molecule has 2 rings (SSSR count). The van der Waals surface area contributed by atoms with Crippen molar-refractivity contribution in [1.82, 2.24) is 15.0 Å². The van der Waals surface area contributed by atoms with E-state index >= 15 is 0 Å². The molecular formula is C11H16FN3O2. The van der Waals surface area contributed by atoms with Crippen LogP contribution in [-0.2, 0) is 11.3 Å². The lowest BCUT2D eigenvalue weighted by Gasteiger charge is -2.05. The molecule has 0 atom stereocenters. The molecular weight excluding hydrogens is 225 g/mol. The third-order valence-corrected chi connectivity index (χ3v) is 2.71. The molecule has 0 N–H and O–H groups in total. The Morgan fingerprint density at radius 2 is 2.35 bits per heavy atom. The van der Waals surface area contributed by atoms with Crippen LogP contribution < -0.4 is 0 Å². The average Bonchev–Trinajstić information content (AvgIpc) is 3.07. The molecule has 0 amide bonds. The molecule has 1 aliphatic carbocycles. The molecule has 17 heavy (non-hydrogen) atoms. The van der Waals surface area contributed by atoms with Crippen molar-refractivity contribution in [3.63, 3.8) is 0 Å².